The van der Waals surface area contributed by atoms with Crippen molar-refractivity contribution < 1.29 is 14.0 Å². The smallest absolute Gasteiger partial charge is 0.192 e. The molecule has 4 aliphatic carbocycles. The van der Waals surface area contributed by atoms with Crippen molar-refractivity contribution in [2.45, 2.75) is 149 Å². The maximum atomic E-state index is 13.6. The molecule has 0 spiro atoms. The zero-order valence-corrected chi connectivity index (χ0v) is 28.1. The second-order valence-electron chi connectivity index (χ2n) is 16.6. The summed E-state index contributed by atoms with van der Waals surface area (Å²) in [7, 11) is -4.06. The molecular weight excluding hydrogens is 489 g/mol. The van der Waals surface area contributed by atoms with E-state index in [1.807, 2.05) is 6.92 Å². The Morgan fingerprint density at radius 2 is 1.68 bits per heavy atom. The van der Waals surface area contributed by atoms with Gasteiger partial charge in [-0.3, -0.25) is 4.79 Å². The normalized spacial score (nSPS) is 38.9. The van der Waals surface area contributed by atoms with Crippen LogP contribution in [0.2, 0.25) is 36.3 Å². The van der Waals surface area contributed by atoms with E-state index in [1.165, 1.54) is 31.3 Å². The van der Waals surface area contributed by atoms with E-state index in [-0.39, 0.29) is 21.6 Å². The van der Waals surface area contributed by atoms with Crippen LogP contribution in [0.3, 0.4) is 0 Å². The number of allylic oxidation sites excluding steroid dienone is 1. The summed E-state index contributed by atoms with van der Waals surface area (Å²) in [5, 5.41) is 0.248. The van der Waals surface area contributed by atoms with Crippen LogP contribution in [0.15, 0.2) is 11.6 Å². The van der Waals surface area contributed by atoms with Crippen LogP contribution in [-0.4, -0.2) is 33.3 Å². The Hall–Kier alpha value is -0.236. The van der Waals surface area contributed by atoms with Crippen LogP contribution in [0.4, 0.5) is 0 Å². The molecule has 4 aliphatic rings. The van der Waals surface area contributed by atoms with E-state index in [0.29, 0.717) is 34.9 Å². The van der Waals surface area contributed by atoms with Gasteiger partial charge in [-0.25, -0.2) is 0 Å². The van der Waals surface area contributed by atoms with Gasteiger partial charge >= 0.3 is 0 Å². The molecule has 5 heteroatoms. The molecule has 0 bridgehead atoms. The van der Waals surface area contributed by atoms with Crippen molar-refractivity contribution in [3.8, 4) is 0 Å². The zero-order chi connectivity index (χ0) is 27.8. The van der Waals surface area contributed by atoms with Crippen molar-refractivity contribution in [3.63, 3.8) is 0 Å². The third-order valence-corrected chi connectivity index (χ3v) is 21.1. The lowest BCUT2D eigenvalue weighted by molar-refractivity contribution is -0.137. The third-order valence-electron chi connectivity index (χ3n) is 13.1. The number of hydrogen-bond acceptors (Lipinski definition) is 3. The van der Waals surface area contributed by atoms with Gasteiger partial charge in [0.1, 0.15) is 5.78 Å². The number of hydrogen-bond donors (Lipinski definition) is 1. The van der Waals surface area contributed by atoms with E-state index in [9.17, 15) is 9.59 Å². The highest BCUT2D eigenvalue weighted by Crippen LogP contribution is 2.68. The fourth-order valence-electron chi connectivity index (χ4n) is 8.94. The average molecular weight is 547 g/mol. The summed E-state index contributed by atoms with van der Waals surface area (Å²) in [6.45, 7) is 25.0. The number of Topliss-reactive ketones (excluding diaryl/α,β-unsaturated/α-hetero) is 1. The Kier molecular flexibility index (Phi) is 7.57. The van der Waals surface area contributed by atoms with Gasteiger partial charge in [0.25, 0.3) is 0 Å². The van der Waals surface area contributed by atoms with E-state index in [2.05, 4.69) is 73.8 Å². The molecule has 0 heterocycles. The molecular formula is C32H58O3Si2. The molecule has 0 aromatic rings. The van der Waals surface area contributed by atoms with E-state index in [1.54, 1.807) is 0 Å². The molecule has 7 atom stereocenters. The van der Waals surface area contributed by atoms with Gasteiger partial charge in [0, 0.05) is 6.10 Å². The van der Waals surface area contributed by atoms with Crippen molar-refractivity contribution in [2.24, 2.45) is 34.5 Å². The number of carbonyl (C=O) groups excluding carboxylic acids is 1. The molecule has 0 aromatic carbocycles. The SMILES string of the molecule is CC(=O)[C@]12CC[C@H](O[Si](C)(C)C(C)(C)C)CC1=CCC1C2CC[C@@]2(C)C1CC[C@@H]2CC(C)(C)[Si](C)(C)O. The summed E-state index contributed by atoms with van der Waals surface area (Å²) < 4.78 is 6.90. The quantitative estimate of drug-likeness (QED) is 0.267. The molecule has 0 amide bonds. The lowest BCUT2D eigenvalue weighted by atomic mass is 9.46. The highest BCUT2D eigenvalue weighted by Gasteiger charge is 2.62. The first-order valence-corrected chi connectivity index (χ1v) is 21.2. The minimum atomic E-state index is -2.23. The molecule has 0 aliphatic heterocycles. The molecule has 3 nitrogen and oxygen atoms in total. The predicted octanol–water partition coefficient (Wildman–Crippen LogP) is 8.89. The van der Waals surface area contributed by atoms with Gasteiger partial charge < -0.3 is 9.22 Å². The lowest BCUT2D eigenvalue weighted by Gasteiger charge is -2.59. The van der Waals surface area contributed by atoms with Crippen LogP contribution in [0.5, 0.6) is 0 Å². The molecule has 4 rings (SSSR count). The molecule has 1 N–H and O–H groups in total. The molecule has 0 saturated heterocycles. The van der Waals surface area contributed by atoms with E-state index >= 15 is 0 Å². The van der Waals surface area contributed by atoms with E-state index < -0.39 is 16.6 Å². The van der Waals surface area contributed by atoms with Gasteiger partial charge in [-0.05, 0) is 130 Å². The van der Waals surface area contributed by atoms with Gasteiger partial charge in [0.2, 0.25) is 0 Å². The minimum absolute atomic E-state index is 0.0369. The number of rotatable bonds is 6. The van der Waals surface area contributed by atoms with Crippen LogP contribution >= 0.6 is 0 Å². The average Bonchev–Trinajstić information content (AvgIpc) is 3.07. The number of fused-ring (bicyclic) bond motifs is 5. The van der Waals surface area contributed by atoms with Crippen molar-refractivity contribution in [1.82, 2.24) is 0 Å². The lowest BCUT2D eigenvalue weighted by Crippen LogP contribution is -2.55. The first kappa shape index (κ1) is 29.7. The summed E-state index contributed by atoms with van der Waals surface area (Å²) in [5.74, 6) is 2.97. The summed E-state index contributed by atoms with van der Waals surface area (Å²) in [4.78, 5) is 24.6. The first-order valence-electron chi connectivity index (χ1n) is 15.4. The molecule has 3 fully saturated rings. The fourth-order valence-corrected chi connectivity index (χ4v) is 11.1. The summed E-state index contributed by atoms with van der Waals surface area (Å²) >= 11 is 0. The largest absolute Gasteiger partial charge is 0.432 e. The highest BCUT2D eigenvalue weighted by molar-refractivity contribution is 6.74. The topological polar surface area (TPSA) is 46.5 Å². The second-order valence-corrected chi connectivity index (χ2v) is 25.8. The third kappa shape index (κ3) is 4.84. The highest BCUT2D eigenvalue weighted by atomic mass is 28.4. The molecule has 0 aromatic heterocycles. The molecule has 212 valence electrons. The van der Waals surface area contributed by atoms with Gasteiger partial charge in [0.15, 0.2) is 16.6 Å². The zero-order valence-electron chi connectivity index (χ0n) is 26.1. The van der Waals surface area contributed by atoms with Gasteiger partial charge in [0.05, 0.1) is 5.41 Å². The Morgan fingerprint density at radius 3 is 2.24 bits per heavy atom. The van der Waals surface area contributed by atoms with Crippen molar-refractivity contribution in [1.29, 1.82) is 0 Å². The Labute approximate surface area is 230 Å². The summed E-state index contributed by atoms with van der Waals surface area (Å²) in [6, 6.07) is 0. The van der Waals surface area contributed by atoms with Gasteiger partial charge in [-0.15, -0.1) is 0 Å². The monoisotopic (exact) mass is 546 g/mol. The van der Waals surface area contributed by atoms with Crippen molar-refractivity contribution >= 4 is 22.4 Å². The predicted molar refractivity (Wildman–Crippen MR) is 161 cm³/mol. The van der Waals surface area contributed by atoms with Crippen LogP contribution in [0.1, 0.15) is 106 Å². The maximum absolute atomic E-state index is 13.6. The van der Waals surface area contributed by atoms with Crippen molar-refractivity contribution in [2.75, 3.05) is 0 Å². The Morgan fingerprint density at radius 1 is 1.03 bits per heavy atom. The first-order chi connectivity index (χ1) is 16.8. The number of carbonyl (C=O) groups is 1. The van der Waals surface area contributed by atoms with Crippen LogP contribution < -0.4 is 0 Å². The molecule has 3 saturated carbocycles. The minimum Gasteiger partial charge on any atom is -0.432 e. The maximum Gasteiger partial charge on any atom is 0.192 e. The standard InChI is InChI=1S/C32H58O3Si2/c1-22(33)32-19-16-25(35-37(10,11)29(2,3)4)20-23(32)12-14-26-27-15-13-24(21-30(5,6)36(8,9)34)31(27,7)18-17-28(26)32/h12,24-28,34H,13-21H2,1-11H3/t24-,25+,26?,27?,28?,31-,32-/m1/s1. The van der Waals surface area contributed by atoms with E-state index in [4.69, 9.17) is 4.43 Å². The Balaban J connectivity index is 1.58. The molecule has 37 heavy (non-hydrogen) atoms. The van der Waals surface area contributed by atoms with Crippen molar-refractivity contribution in [3.05, 3.63) is 11.6 Å². The fraction of sp³-hybridized carbons (Fsp3) is 0.906. The van der Waals surface area contributed by atoms with Crippen LogP contribution in [-0.2, 0) is 9.22 Å². The number of ketones is 1. The Bertz CT molecular complexity index is 923. The van der Waals surface area contributed by atoms with E-state index in [0.717, 1.165) is 32.1 Å². The molecule has 3 unspecified atom stereocenters. The van der Waals surface area contributed by atoms with Gasteiger partial charge in [-0.1, -0.05) is 53.2 Å². The van der Waals surface area contributed by atoms with Crippen LogP contribution in [0, 0.1) is 34.5 Å². The van der Waals surface area contributed by atoms with Crippen LogP contribution in [0.25, 0.3) is 0 Å². The molecule has 0 radical (unpaired) electrons. The summed E-state index contributed by atoms with van der Waals surface area (Å²) in [5.41, 5.74) is 1.54. The van der Waals surface area contributed by atoms with Gasteiger partial charge in [-0.2, -0.15) is 0 Å². The second kappa shape index (κ2) is 9.41. The summed E-state index contributed by atoms with van der Waals surface area (Å²) in [6.07, 6.45) is 13.1.